The highest BCUT2D eigenvalue weighted by Crippen LogP contribution is 2.32. The van der Waals surface area contributed by atoms with Crippen LogP contribution in [0.4, 0.5) is 18.9 Å². The van der Waals surface area contributed by atoms with E-state index in [2.05, 4.69) is 5.32 Å². The molecular formula is C22H22F3NO5. The number of anilines is 1. The van der Waals surface area contributed by atoms with Crippen LogP contribution in [0.15, 0.2) is 48.5 Å². The van der Waals surface area contributed by atoms with E-state index < -0.39 is 41.6 Å². The van der Waals surface area contributed by atoms with Crippen LogP contribution in [-0.4, -0.2) is 23.4 Å². The molecule has 1 amide bonds. The lowest BCUT2D eigenvalue weighted by Crippen LogP contribution is -2.24. The van der Waals surface area contributed by atoms with Gasteiger partial charge in [-0.15, -0.1) is 0 Å². The maximum absolute atomic E-state index is 13.2. The fourth-order valence-electron chi connectivity index (χ4n) is 2.44. The van der Waals surface area contributed by atoms with Crippen molar-refractivity contribution >= 4 is 23.5 Å². The number of rotatable bonds is 6. The Morgan fingerprint density at radius 2 is 1.61 bits per heavy atom. The van der Waals surface area contributed by atoms with Crippen molar-refractivity contribution in [3.05, 3.63) is 65.2 Å². The highest BCUT2D eigenvalue weighted by molar-refractivity contribution is 6.02. The van der Waals surface area contributed by atoms with E-state index in [1.54, 1.807) is 51.1 Å². The van der Waals surface area contributed by atoms with Gasteiger partial charge in [-0.2, -0.15) is 13.2 Å². The zero-order chi connectivity index (χ0) is 23.2. The van der Waals surface area contributed by atoms with E-state index in [9.17, 15) is 27.6 Å². The molecule has 0 spiro atoms. The number of esters is 2. The third-order valence-corrected chi connectivity index (χ3v) is 3.73. The molecule has 9 heteroatoms. The van der Waals surface area contributed by atoms with Gasteiger partial charge in [0.15, 0.2) is 0 Å². The number of carbonyl (C=O) groups is 3. The standard InChI is InChI=1S/C22H22F3NO5/c1-21(2,3)31-20(29)15-9-16(22(23,24)25)11-17(10-15)26-18(27)12-19(28)30-13-14-7-5-4-6-8-14/h4-11H,12-13H2,1-3H3,(H,26,27). The Hall–Kier alpha value is -3.36. The average molecular weight is 437 g/mol. The normalized spacial score (nSPS) is 11.5. The smallest absolute Gasteiger partial charge is 0.416 e. The summed E-state index contributed by atoms with van der Waals surface area (Å²) in [5.74, 6) is -2.70. The van der Waals surface area contributed by atoms with Crippen molar-refractivity contribution in [3.63, 3.8) is 0 Å². The number of nitrogens with one attached hydrogen (secondary N) is 1. The van der Waals surface area contributed by atoms with Crippen molar-refractivity contribution in [1.29, 1.82) is 0 Å². The Morgan fingerprint density at radius 3 is 2.19 bits per heavy atom. The van der Waals surface area contributed by atoms with E-state index in [4.69, 9.17) is 9.47 Å². The molecule has 6 nitrogen and oxygen atoms in total. The minimum atomic E-state index is -4.76. The molecule has 166 valence electrons. The number of ether oxygens (including phenoxy) is 2. The molecule has 0 aromatic heterocycles. The molecule has 0 aliphatic rings. The number of amides is 1. The Labute approximate surface area is 177 Å². The number of hydrogen-bond acceptors (Lipinski definition) is 5. The van der Waals surface area contributed by atoms with Gasteiger partial charge in [0.2, 0.25) is 5.91 Å². The summed E-state index contributed by atoms with van der Waals surface area (Å²) in [6.45, 7) is 4.67. The van der Waals surface area contributed by atoms with Gasteiger partial charge in [0.05, 0.1) is 11.1 Å². The van der Waals surface area contributed by atoms with Gasteiger partial charge in [-0.1, -0.05) is 30.3 Å². The Morgan fingerprint density at radius 1 is 0.968 bits per heavy atom. The summed E-state index contributed by atoms with van der Waals surface area (Å²) >= 11 is 0. The van der Waals surface area contributed by atoms with Gasteiger partial charge in [-0.25, -0.2) is 4.79 Å². The maximum atomic E-state index is 13.2. The molecule has 0 fully saturated rings. The van der Waals surface area contributed by atoms with E-state index in [1.165, 1.54) is 0 Å². The van der Waals surface area contributed by atoms with Gasteiger partial charge >= 0.3 is 18.1 Å². The van der Waals surface area contributed by atoms with Crippen molar-refractivity contribution in [1.82, 2.24) is 0 Å². The topological polar surface area (TPSA) is 81.7 Å². The lowest BCUT2D eigenvalue weighted by atomic mass is 10.1. The summed E-state index contributed by atoms with van der Waals surface area (Å²) in [4.78, 5) is 36.1. The molecule has 0 aliphatic carbocycles. The van der Waals surface area contributed by atoms with E-state index in [0.29, 0.717) is 12.1 Å². The summed E-state index contributed by atoms with van der Waals surface area (Å²) in [5.41, 5.74) is -2.02. The van der Waals surface area contributed by atoms with Crippen LogP contribution >= 0.6 is 0 Å². The third-order valence-electron chi connectivity index (χ3n) is 3.73. The van der Waals surface area contributed by atoms with Gasteiger partial charge in [-0.05, 0) is 44.5 Å². The number of benzene rings is 2. The zero-order valence-electron chi connectivity index (χ0n) is 17.2. The maximum Gasteiger partial charge on any atom is 0.416 e. The first-order valence-electron chi connectivity index (χ1n) is 9.28. The highest BCUT2D eigenvalue weighted by Gasteiger charge is 2.32. The van der Waals surface area contributed by atoms with E-state index in [0.717, 1.165) is 11.6 Å². The first-order valence-corrected chi connectivity index (χ1v) is 9.28. The Bertz CT molecular complexity index is 950. The van der Waals surface area contributed by atoms with Gasteiger partial charge in [-0.3, -0.25) is 9.59 Å². The molecule has 0 bridgehead atoms. The molecule has 0 radical (unpaired) electrons. The highest BCUT2D eigenvalue weighted by atomic mass is 19.4. The number of alkyl halides is 3. The molecule has 0 saturated carbocycles. The lowest BCUT2D eigenvalue weighted by molar-refractivity contribution is -0.146. The number of halogens is 3. The monoisotopic (exact) mass is 437 g/mol. The van der Waals surface area contributed by atoms with Crippen molar-refractivity contribution in [2.24, 2.45) is 0 Å². The molecule has 0 saturated heterocycles. The molecular weight excluding hydrogens is 415 g/mol. The second kappa shape index (κ2) is 9.63. The molecule has 0 aliphatic heterocycles. The second-order valence-corrected chi connectivity index (χ2v) is 7.67. The second-order valence-electron chi connectivity index (χ2n) is 7.67. The third kappa shape index (κ3) is 8.12. The van der Waals surface area contributed by atoms with Gasteiger partial charge in [0.1, 0.15) is 18.6 Å². The van der Waals surface area contributed by atoms with Gasteiger partial charge in [0, 0.05) is 5.69 Å². The van der Waals surface area contributed by atoms with Gasteiger partial charge in [0.25, 0.3) is 0 Å². The van der Waals surface area contributed by atoms with Crippen LogP contribution in [0.25, 0.3) is 0 Å². The van der Waals surface area contributed by atoms with Crippen LogP contribution in [0.2, 0.25) is 0 Å². The van der Waals surface area contributed by atoms with Crippen LogP contribution in [0.1, 0.15) is 48.7 Å². The number of carbonyl (C=O) groups excluding carboxylic acids is 3. The first kappa shape index (κ1) is 23.9. The van der Waals surface area contributed by atoms with Crippen LogP contribution < -0.4 is 5.32 Å². The number of hydrogen-bond donors (Lipinski definition) is 1. The van der Waals surface area contributed by atoms with Crippen molar-refractivity contribution in [3.8, 4) is 0 Å². The van der Waals surface area contributed by atoms with Crippen LogP contribution in [-0.2, 0) is 31.8 Å². The largest absolute Gasteiger partial charge is 0.460 e. The molecule has 1 N–H and O–H groups in total. The fourth-order valence-corrected chi connectivity index (χ4v) is 2.44. The minimum Gasteiger partial charge on any atom is -0.460 e. The van der Waals surface area contributed by atoms with E-state index in [1.807, 2.05) is 0 Å². The molecule has 0 heterocycles. The summed E-state index contributed by atoms with van der Waals surface area (Å²) in [5, 5.41) is 2.19. The SMILES string of the molecule is CC(C)(C)OC(=O)c1cc(NC(=O)CC(=O)OCc2ccccc2)cc(C(F)(F)F)c1. The van der Waals surface area contributed by atoms with Crippen LogP contribution in [0, 0.1) is 0 Å². The molecule has 0 unspecified atom stereocenters. The van der Waals surface area contributed by atoms with E-state index >= 15 is 0 Å². The van der Waals surface area contributed by atoms with Crippen molar-refractivity contribution < 1.29 is 37.0 Å². The summed E-state index contributed by atoms with van der Waals surface area (Å²) < 4.78 is 49.7. The van der Waals surface area contributed by atoms with Crippen molar-refractivity contribution in [2.45, 2.75) is 45.6 Å². The van der Waals surface area contributed by atoms with E-state index in [-0.39, 0.29) is 17.9 Å². The summed E-state index contributed by atoms with van der Waals surface area (Å²) in [6, 6.07) is 11.1. The predicted molar refractivity (Wildman–Crippen MR) is 106 cm³/mol. The zero-order valence-corrected chi connectivity index (χ0v) is 17.2. The molecule has 31 heavy (non-hydrogen) atoms. The molecule has 2 aromatic rings. The van der Waals surface area contributed by atoms with Crippen molar-refractivity contribution in [2.75, 3.05) is 5.32 Å². The molecule has 0 atom stereocenters. The minimum absolute atomic E-state index is 0.0424. The molecule has 2 aromatic carbocycles. The lowest BCUT2D eigenvalue weighted by Gasteiger charge is -2.20. The summed E-state index contributed by atoms with van der Waals surface area (Å²) in [6.07, 6.45) is -5.46. The average Bonchev–Trinajstić information content (AvgIpc) is 2.65. The molecule has 2 rings (SSSR count). The Kier molecular flexibility index (Phi) is 7.43. The quantitative estimate of drug-likeness (QED) is 0.522. The summed E-state index contributed by atoms with van der Waals surface area (Å²) in [7, 11) is 0. The Balaban J connectivity index is 2.09. The first-order chi connectivity index (χ1) is 14.3. The van der Waals surface area contributed by atoms with Crippen LogP contribution in [0.5, 0.6) is 0 Å². The van der Waals surface area contributed by atoms with Gasteiger partial charge < -0.3 is 14.8 Å². The fraction of sp³-hybridized carbons (Fsp3) is 0.318. The van der Waals surface area contributed by atoms with Crippen LogP contribution in [0.3, 0.4) is 0 Å². The predicted octanol–water partition coefficient (Wildman–Crippen LogP) is 4.73.